The van der Waals surface area contributed by atoms with Gasteiger partial charge in [0.2, 0.25) is 0 Å². The lowest BCUT2D eigenvalue weighted by atomic mass is 10.3. The van der Waals surface area contributed by atoms with Gasteiger partial charge in [-0.15, -0.1) is 0 Å². The molecular formula is C16H17NO6S. The SMILES string of the molecule is CCOc1ccc(S(=O)(=O)Nc2ccc(OCC(=O)O)cc2)cc1. The molecule has 0 aliphatic carbocycles. The Labute approximate surface area is 139 Å². The first kappa shape index (κ1) is 17.6. The third-order valence-corrected chi connectivity index (χ3v) is 4.31. The molecule has 0 spiro atoms. The van der Waals surface area contributed by atoms with E-state index in [1.807, 2.05) is 6.92 Å². The first-order valence-corrected chi connectivity index (χ1v) is 8.59. The van der Waals surface area contributed by atoms with Gasteiger partial charge in [-0.3, -0.25) is 4.72 Å². The summed E-state index contributed by atoms with van der Waals surface area (Å²) >= 11 is 0. The molecule has 24 heavy (non-hydrogen) atoms. The van der Waals surface area contributed by atoms with Crippen LogP contribution in [0.25, 0.3) is 0 Å². The summed E-state index contributed by atoms with van der Waals surface area (Å²) in [6.45, 7) is 1.88. The second kappa shape index (κ2) is 7.69. The van der Waals surface area contributed by atoms with Crippen molar-refractivity contribution < 1.29 is 27.8 Å². The van der Waals surface area contributed by atoms with Crippen molar-refractivity contribution >= 4 is 21.7 Å². The number of hydrogen-bond donors (Lipinski definition) is 2. The summed E-state index contributed by atoms with van der Waals surface area (Å²) in [6, 6.07) is 12.0. The van der Waals surface area contributed by atoms with E-state index in [2.05, 4.69) is 4.72 Å². The molecule has 8 heteroatoms. The standard InChI is InChI=1S/C16H17NO6S/c1-2-22-13-7-9-15(10-8-13)24(20,21)17-12-3-5-14(6-4-12)23-11-16(18)19/h3-10,17H,2,11H2,1H3,(H,18,19). The average Bonchev–Trinajstić information content (AvgIpc) is 2.55. The van der Waals surface area contributed by atoms with Gasteiger partial charge in [-0.25, -0.2) is 13.2 Å². The molecular weight excluding hydrogens is 334 g/mol. The lowest BCUT2D eigenvalue weighted by molar-refractivity contribution is -0.139. The molecule has 0 fully saturated rings. The van der Waals surface area contributed by atoms with Crippen molar-refractivity contribution in [2.75, 3.05) is 17.9 Å². The van der Waals surface area contributed by atoms with Gasteiger partial charge in [0.25, 0.3) is 10.0 Å². The van der Waals surface area contributed by atoms with E-state index in [1.165, 1.54) is 36.4 Å². The van der Waals surface area contributed by atoms with Crippen molar-refractivity contribution in [3.05, 3.63) is 48.5 Å². The lowest BCUT2D eigenvalue weighted by Crippen LogP contribution is -2.13. The number of anilines is 1. The second-order valence-electron chi connectivity index (χ2n) is 4.72. The molecule has 0 saturated heterocycles. The minimum atomic E-state index is -3.72. The molecule has 2 rings (SSSR count). The molecule has 128 valence electrons. The Balaban J connectivity index is 2.06. The van der Waals surface area contributed by atoms with E-state index >= 15 is 0 Å². The number of hydrogen-bond acceptors (Lipinski definition) is 5. The zero-order valence-corrected chi connectivity index (χ0v) is 13.7. The normalized spacial score (nSPS) is 10.9. The van der Waals surface area contributed by atoms with Gasteiger partial charge >= 0.3 is 5.97 Å². The van der Waals surface area contributed by atoms with Crippen molar-refractivity contribution in [1.82, 2.24) is 0 Å². The van der Waals surface area contributed by atoms with Crippen LogP contribution in [0.2, 0.25) is 0 Å². The smallest absolute Gasteiger partial charge is 0.341 e. The van der Waals surface area contributed by atoms with Crippen molar-refractivity contribution in [2.24, 2.45) is 0 Å². The van der Waals surface area contributed by atoms with Crippen LogP contribution >= 0.6 is 0 Å². The van der Waals surface area contributed by atoms with Crippen LogP contribution in [0, 0.1) is 0 Å². The Kier molecular flexibility index (Phi) is 5.64. The quantitative estimate of drug-likeness (QED) is 0.757. The molecule has 0 amide bonds. The summed E-state index contributed by atoms with van der Waals surface area (Å²) in [7, 11) is -3.72. The van der Waals surface area contributed by atoms with E-state index in [9.17, 15) is 13.2 Å². The maximum absolute atomic E-state index is 12.3. The molecule has 2 N–H and O–H groups in total. The maximum atomic E-state index is 12.3. The van der Waals surface area contributed by atoms with Crippen LogP contribution in [0.4, 0.5) is 5.69 Å². The molecule has 2 aromatic rings. The number of carboxylic acids is 1. The van der Waals surface area contributed by atoms with Gasteiger partial charge in [0, 0.05) is 5.69 Å². The Morgan fingerprint density at radius 3 is 2.08 bits per heavy atom. The predicted molar refractivity (Wildman–Crippen MR) is 88.0 cm³/mol. The van der Waals surface area contributed by atoms with Crippen molar-refractivity contribution in [3.63, 3.8) is 0 Å². The van der Waals surface area contributed by atoms with Gasteiger partial charge in [0.1, 0.15) is 11.5 Å². The summed E-state index contributed by atoms with van der Waals surface area (Å²) in [6.07, 6.45) is 0. The fraction of sp³-hybridized carbons (Fsp3) is 0.188. The minimum absolute atomic E-state index is 0.108. The van der Waals surface area contributed by atoms with Gasteiger partial charge in [0.05, 0.1) is 11.5 Å². The number of benzene rings is 2. The Bertz CT molecular complexity index is 784. The monoisotopic (exact) mass is 351 g/mol. The van der Waals surface area contributed by atoms with E-state index in [0.29, 0.717) is 23.8 Å². The third-order valence-electron chi connectivity index (χ3n) is 2.91. The topological polar surface area (TPSA) is 102 Å². The van der Waals surface area contributed by atoms with Crippen LogP contribution in [0.1, 0.15) is 6.92 Å². The van der Waals surface area contributed by atoms with Crippen molar-refractivity contribution in [3.8, 4) is 11.5 Å². The number of rotatable bonds is 8. The molecule has 0 unspecified atom stereocenters. The number of ether oxygens (including phenoxy) is 2. The number of nitrogens with one attached hydrogen (secondary N) is 1. The van der Waals surface area contributed by atoms with Crippen LogP contribution in [0.5, 0.6) is 11.5 Å². The molecule has 0 aliphatic rings. The highest BCUT2D eigenvalue weighted by molar-refractivity contribution is 7.92. The predicted octanol–water partition coefficient (Wildman–Crippen LogP) is 2.35. The fourth-order valence-electron chi connectivity index (χ4n) is 1.86. The summed E-state index contributed by atoms with van der Waals surface area (Å²) in [5.41, 5.74) is 0.339. The van der Waals surface area contributed by atoms with E-state index in [0.717, 1.165) is 0 Å². The molecule has 0 aliphatic heterocycles. The molecule has 7 nitrogen and oxygen atoms in total. The highest BCUT2D eigenvalue weighted by Gasteiger charge is 2.14. The Morgan fingerprint density at radius 2 is 1.54 bits per heavy atom. The fourth-order valence-corrected chi connectivity index (χ4v) is 2.92. The number of carboxylic acid groups (broad SMARTS) is 1. The van der Waals surface area contributed by atoms with E-state index in [4.69, 9.17) is 14.6 Å². The van der Waals surface area contributed by atoms with Crippen LogP contribution < -0.4 is 14.2 Å². The molecule has 0 heterocycles. The summed E-state index contributed by atoms with van der Waals surface area (Å²) < 4.78 is 37.3. The highest BCUT2D eigenvalue weighted by atomic mass is 32.2. The second-order valence-corrected chi connectivity index (χ2v) is 6.40. The van der Waals surface area contributed by atoms with Gasteiger partial charge in [-0.2, -0.15) is 0 Å². The van der Waals surface area contributed by atoms with Crippen molar-refractivity contribution in [2.45, 2.75) is 11.8 Å². The van der Waals surface area contributed by atoms with Crippen LogP contribution in [-0.2, 0) is 14.8 Å². The van der Waals surface area contributed by atoms with Gasteiger partial charge < -0.3 is 14.6 Å². The van der Waals surface area contributed by atoms with E-state index < -0.39 is 22.6 Å². The molecule has 0 aromatic heterocycles. The maximum Gasteiger partial charge on any atom is 0.341 e. The zero-order valence-electron chi connectivity index (χ0n) is 12.9. The molecule has 2 aromatic carbocycles. The molecule has 0 radical (unpaired) electrons. The summed E-state index contributed by atoms with van der Waals surface area (Å²) in [4.78, 5) is 10.5. The Hall–Kier alpha value is -2.74. The van der Waals surface area contributed by atoms with Crippen LogP contribution in [-0.4, -0.2) is 32.7 Å². The number of aliphatic carboxylic acids is 1. The van der Waals surface area contributed by atoms with E-state index in [1.54, 1.807) is 12.1 Å². The largest absolute Gasteiger partial charge is 0.494 e. The van der Waals surface area contributed by atoms with Crippen molar-refractivity contribution in [1.29, 1.82) is 0 Å². The van der Waals surface area contributed by atoms with Gasteiger partial charge in [0.15, 0.2) is 6.61 Å². The lowest BCUT2D eigenvalue weighted by Gasteiger charge is -2.10. The van der Waals surface area contributed by atoms with Gasteiger partial charge in [-0.1, -0.05) is 0 Å². The third kappa shape index (κ3) is 4.88. The van der Waals surface area contributed by atoms with Gasteiger partial charge in [-0.05, 0) is 55.5 Å². The number of carbonyl (C=O) groups is 1. The highest BCUT2D eigenvalue weighted by Crippen LogP contribution is 2.21. The molecule has 0 bridgehead atoms. The Morgan fingerprint density at radius 1 is 1.00 bits per heavy atom. The van der Waals surface area contributed by atoms with E-state index in [-0.39, 0.29) is 4.90 Å². The average molecular weight is 351 g/mol. The van der Waals surface area contributed by atoms with Crippen LogP contribution in [0.15, 0.2) is 53.4 Å². The first-order chi connectivity index (χ1) is 11.4. The first-order valence-electron chi connectivity index (χ1n) is 7.11. The molecule has 0 saturated carbocycles. The summed E-state index contributed by atoms with van der Waals surface area (Å²) in [5.74, 6) is -0.159. The summed E-state index contributed by atoms with van der Waals surface area (Å²) in [5, 5.41) is 8.54. The van der Waals surface area contributed by atoms with Crippen LogP contribution in [0.3, 0.4) is 0 Å². The minimum Gasteiger partial charge on any atom is -0.494 e. The molecule has 0 atom stereocenters. The number of sulfonamides is 1. The zero-order chi connectivity index (χ0) is 17.6.